The van der Waals surface area contributed by atoms with Gasteiger partial charge in [-0.15, -0.1) is 0 Å². The smallest absolute Gasteiger partial charge is 0.336 e. The fraction of sp³-hybridized carbons (Fsp3) is 0.176. The summed E-state index contributed by atoms with van der Waals surface area (Å²) in [5.41, 5.74) is -0.0416. The first-order valence-electron chi connectivity index (χ1n) is 7.42. The van der Waals surface area contributed by atoms with Crippen molar-refractivity contribution >= 4 is 22.6 Å². The zero-order valence-corrected chi connectivity index (χ0v) is 13.1. The number of carboxylic acid groups (broad SMARTS) is 1. The number of ether oxygens (including phenoxy) is 4. The van der Waals surface area contributed by atoms with E-state index in [1.54, 1.807) is 12.1 Å². The van der Waals surface area contributed by atoms with Gasteiger partial charge in [0, 0.05) is 12.4 Å². The van der Waals surface area contributed by atoms with Gasteiger partial charge < -0.3 is 29.4 Å². The third-order valence-corrected chi connectivity index (χ3v) is 3.96. The normalized spacial score (nSPS) is 17.6. The maximum atomic E-state index is 12.0. The number of aromatic carboxylic acids is 1. The van der Waals surface area contributed by atoms with Crippen molar-refractivity contribution in [2.75, 3.05) is 13.8 Å². The summed E-state index contributed by atoms with van der Waals surface area (Å²) in [6, 6.07) is 6.36. The predicted molar refractivity (Wildman–Crippen MR) is 84.5 cm³/mol. The second kappa shape index (κ2) is 5.59. The maximum Gasteiger partial charge on any atom is 0.336 e. The highest BCUT2D eigenvalue weighted by molar-refractivity contribution is 6.09. The Bertz CT molecular complexity index is 934. The number of rotatable bonds is 3. The molecule has 0 saturated heterocycles. The van der Waals surface area contributed by atoms with Crippen molar-refractivity contribution in [3.63, 3.8) is 0 Å². The van der Waals surface area contributed by atoms with E-state index < -0.39 is 18.2 Å². The minimum Gasteiger partial charge on any atom is -0.478 e. The highest BCUT2D eigenvalue weighted by Gasteiger charge is 2.33. The topological polar surface area (TPSA) is 103 Å². The van der Waals surface area contributed by atoms with Crippen LogP contribution in [0.5, 0.6) is 11.5 Å². The van der Waals surface area contributed by atoms with Crippen LogP contribution in [0.3, 0.4) is 0 Å². The van der Waals surface area contributed by atoms with Crippen LogP contribution < -0.4 is 14.8 Å². The molecule has 2 heterocycles. The van der Waals surface area contributed by atoms with E-state index >= 15 is 0 Å². The summed E-state index contributed by atoms with van der Waals surface area (Å²) in [6.07, 6.45) is 0.612. The molecule has 2 aromatic rings. The van der Waals surface area contributed by atoms with Crippen molar-refractivity contribution in [2.45, 2.75) is 6.29 Å². The molecule has 128 valence electrons. The molecule has 2 N–H and O–H groups in total. The largest absolute Gasteiger partial charge is 0.478 e. The van der Waals surface area contributed by atoms with Crippen LogP contribution in [0, 0.1) is 0 Å². The summed E-state index contributed by atoms with van der Waals surface area (Å²) in [7, 11) is 1.44. The van der Waals surface area contributed by atoms with E-state index in [2.05, 4.69) is 5.32 Å². The summed E-state index contributed by atoms with van der Waals surface area (Å²) in [4.78, 5) is 23.5. The molecular weight excluding hydrogens is 330 g/mol. The molecule has 0 fully saturated rings. The van der Waals surface area contributed by atoms with Crippen LogP contribution >= 0.6 is 0 Å². The number of hydrogen-bond acceptors (Lipinski definition) is 6. The highest BCUT2D eigenvalue weighted by Crippen LogP contribution is 2.43. The second-order valence-corrected chi connectivity index (χ2v) is 5.41. The molecule has 0 aliphatic carbocycles. The van der Waals surface area contributed by atoms with E-state index in [9.17, 15) is 14.7 Å². The van der Waals surface area contributed by atoms with E-state index in [1.807, 2.05) is 0 Å². The minimum atomic E-state index is -1.20. The molecule has 0 saturated carbocycles. The van der Waals surface area contributed by atoms with Crippen molar-refractivity contribution in [3.05, 3.63) is 47.4 Å². The van der Waals surface area contributed by atoms with E-state index in [1.165, 1.54) is 25.4 Å². The molecule has 2 aliphatic heterocycles. The van der Waals surface area contributed by atoms with Crippen LogP contribution in [0.25, 0.3) is 10.8 Å². The third-order valence-electron chi connectivity index (χ3n) is 3.96. The number of nitrogens with one attached hydrogen (secondary N) is 1. The standard InChI is InChI=1S/C17H13NO7/c1-18-15(19)10-4-8-2-3-12-14(9(8)5-11(10)16(20)21)25-17(24-12)13-6-22-7-23-13/h2-6,17H,7H2,1H3,(H,18,19)(H,20,21). The number of carboxylic acids is 1. The lowest BCUT2D eigenvalue weighted by molar-refractivity contribution is 0.00548. The first kappa shape index (κ1) is 15.1. The molecule has 2 aliphatic rings. The second-order valence-electron chi connectivity index (χ2n) is 5.41. The van der Waals surface area contributed by atoms with Crippen molar-refractivity contribution in [1.29, 1.82) is 0 Å². The van der Waals surface area contributed by atoms with Crippen molar-refractivity contribution < 1.29 is 33.6 Å². The lowest BCUT2D eigenvalue weighted by atomic mass is 9.99. The van der Waals surface area contributed by atoms with Gasteiger partial charge in [-0.3, -0.25) is 4.79 Å². The number of amides is 1. The lowest BCUT2D eigenvalue weighted by Gasteiger charge is -2.10. The molecule has 1 amide bonds. The van der Waals surface area contributed by atoms with Gasteiger partial charge in [-0.05, 0) is 23.6 Å². The fourth-order valence-corrected chi connectivity index (χ4v) is 2.78. The van der Waals surface area contributed by atoms with Crippen molar-refractivity contribution in [1.82, 2.24) is 5.32 Å². The summed E-state index contributed by atoms with van der Waals surface area (Å²) >= 11 is 0. The van der Waals surface area contributed by atoms with Crippen molar-refractivity contribution in [2.24, 2.45) is 0 Å². The fourth-order valence-electron chi connectivity index (χ4n) is 2.78. The van der Waals surface area contributed by atoms with Crippen LogP contribution in [-0.2, 0) is 9.47 Å². The lowest BCUT2D eigenvalue weighted by Crippen LogP contribution is -2.21. The molecule has 2 aromatic carbocycles. The molecule has 0 radical (unpaired) electrons. The summed E-state index contributed by atoms with van der Waals surface area (Å²) < 4.78 is 21.7. The monoisotopic (exact) mass is 343 g/mol. The summed E-state index contributed by atoms with van der Waals surface area (Å²) in [5.74, 6) is -0.437. The Morgan fingerprint density at radius 2 is 2.04 bits per heavy atom. The number of fused-ring (bicyclic) bond motifs is 3. The molecule has 25 heavy (non-hydrogen) atoms. The van der Waals surface area contributed by atoms with Crippen LogP contribution in [0.4, 0.5) is 0 Å². The Balaban J connectivity index is 1.83. The molecule has 1 unspecified atom stereocenters. The average molecular weight is 343 g/mol. The van der Waals surface area contributed by atoms with Crippen LogP contribution in [-0.4, -0.2) is 37.1 Å². The van der Waals surface area contributed by atoms with E-state index in [-0.39, 0.29) is 17.9 Å². The first-order chi connectivity index (χ1) is 12.1. The number of carbonyl (C=O) groups is 2. The first-order valence-corrected chi connectivity index (χ1v) is 7.42. The molecule has 0 spiro atoms. The maximum absolute atomic E-state index is 12.0. The van der Waals surface area contributed by atoms with Crippen LogP contribution in [0.15, 0.2) is 36.3 Å². The van der Waals surface area contributed by atoms with Gasteiger partial charge in [0.1, 0.15) is 6.26 Å². The van der Waals surface area contributed by atoms with Gasteiger partial charge in [0.15, 0.2) is 11.5 Å². The molecule has 0 bridgehead atoms. The van der Waals surface area contributed by atoms with Crippen LogP contribution in [0.1, 0.15) is 20.7 Å². The molecule has 8 nitrogen and oxygen atoms in total. The molecule has 4 rings (SSSR count). The quantitative estimate of drug-likeness (QED) is 0.876. The highest BCUT2D eigenvalue weighted by atomic mass is 16.8. The van der Waals surface area contributed by atoms with E-state index in [4.69, 9.17) is 18.9 Å². The zero-order valence-electron chi connectivity index (χ0n) is 13.1. The molecule has 1 atom stereocenters. The van der Waals surface area contributed by atoms with Gasteiger partial charge in [-0.1, -0.05) is 6.07 Å². The van der Waals surface area contributed by atoms with Gasteiger partial charge in [0.2, 0.25) is 12.6 Å². The van der Waals surface area contributed by atoms with Gasteiger partial charge in [0.25, 0.3) is 5.91 Å². The summed E-state index contributed by atoms with van der Waals surface area (Å²) in [5, 5.41) is 13.1. The SMILES string of the molecule is CNC(=O)c1cc2ccc3c(c2cc1C(=O)O)OC(C1=COCO1)O3. The number of hydrogen-bond donors (Lipinski definition) is 2. The van der Waals surface area contributed by atoms with Gasteiger partial charge in [-0.2, -0.15) is 0 Å². The van der Waals surface area contributed by atoms with Gasteiger partial charge >= 0.3 is 12.3 Å². The zero-order chi connectivity index (χ0) is 17.6. The van der Waals surface area contributed by atoms with E-state index in [0.29, 0.717) is 28.0 Å². The Kier molecular flexibility index (Phi) is 3.38. The van der Waals surface area contributed by atoms with E-state index in [0.717, 1.165) is 0 Å². The van der Waals surface area contributed by atoms with Gasteiger partial charge in [-0.25, -0.2) is 4.79 Å². The number of carbonyl (C=O) groups excluding carboxylic acids is 1. The third kappa shape index (κ3) is 2.38. The van der Waals surface area contributed by atoms with Crippen molar-refractivity contribution in [3.8, 4) is 11.5 Å². The Morgan fingerprint density at radius 3 is 2.72 bits per heavy atom. The molecular formula is C17H13NO7. The average Bonchev–Trinajstić information content (AvgIpc) is 3.28. The molecule has 0 aromatic heterocycles. The summed E-state index contributed by atoms with van der Waals surface area (Å²) in [6.45, 7) is 0.0916. The number of benzene rings is 2. The van der Waals surface area contributed by atoms with Gasteiger partial charge in [0.05, 0.1) is 11.1 Å². The predicted octanol–water partition coefficient (Wildman–Crippen LogP) is 1.84. The Labute approximate surface area is 141 Å². The minimum absolute atomic E-state index is 0.0770. The van der Waals surface area contributed by atoms with Crippen LogP contribution in [0.2, 0.25) is 0 Å². The Hall–Kier alpha value is -3.42. The Morgan fingerprint density at radius 1 is 1.20 bits per heavy atom. The molecule has 8 heteroatoms.